The molecule has 3 aromatic heterocycles. The Kier molecular flexibility index (Phi) is 3.61. The second-order valence-corrected chi connectivity index (χ2v) is 8.31. The molecule has 2 aliphatic heterocycles. The summed E-state index contributed by atoms with van der Waals surface area (Å²) in [7, 11) is 0. The molecule has 1 aliphatic carbocycles. The topological polar surface area (TPSA) is 71.2 Å². The molecule has 3 atom stereocenters. The van der Waals surface area contributed by atoms with Gasteiger partial charge in [0.1, 0.15) is 10.5 Å². The van der Waals surface area contributed by atoms with E-state index in [1.165, 1.54) is 16.7 Å². The molecule has 3 aromatic rings. The molecule has 1 saturated carbocycles. The third-order valence-corrected chi connectivity index (χ3v) is 6.83. The number of nitrogens with zero attached hydrogens (tertiary/aromatic N) is 4. The molecule has 3 aliphatic rings. The van der Waals surface area contributed by atoms with Gasteiger partial charge in [-0.3, -0.25) is 0 Å². The van der Waals surface area contributed by atoms with Crippen LogP contribution in [-0.2, 0) is 0 Å². The van der Waals surface area contributed by atoms with Gasteiger partial charge < -0.3 is 14.6 Å². The van der Waals surface area contributed by atoms with Crippen molar-refractivity contribution in [2.24, 2.45) is 5.92 Å². The Labute approximate surface area is 163 Å². The van der Waals surface area contributed by atoms with Crippen LogP contribution in [0.1, 0.15) is 18.2 Å². The second-order valence-electron chi connectivity index (χ2n) is 7.15. The lowest BCUT2D eigenvalue weighted by Crippen LogP contribution is -2.42. The van der Waals surface area contributed by atoms with Gasteiger partial charge in [-0.05, 0) is 25.7 Å². The number of fused-ring (bicyclic) bond motifs is 4. The van der Waals surface area contributed by atoms with Gasteiger partial charge in [-0.2, -0.15) is 0 Å². The van der Waals surface area contributed by atoms with Crippen LogP contribution in [0.5, 0.6) is 0 Å². The first-order chi connectivity index (χ1) is 12.9. The summed E-state index contributed by atoms with van der Waals surface area (Å²) >= 11 is 7.33. The maximum Gasteiger partial charge on any atom is 0.407 e. The predicted molar refractivity (Wildman–Crippen MR) is 102 cm³/mol. The molecule has 140 valence electrons. The number of thioether (sulfide) groups is 1. The summed E-state index contributed by atoms with van der Waals surface area (Å²) in [6, 6.07) is 2.05. The number of hydrogen-bond acceptors (Lipinski definition) is 4. The predicted octanol–water partition coefficient (Wildman–Crippen LogP) is 4.33. The average molecular weight is 407 g/mol. The van der Waals surface area contributed by atoms with Gasteiger partial charge in [-0.25, -0.2) is 19.2 Å². The molecule has 9 heteroatoms. The van der Waals surface area contributed by atoms with E-state index in [0.717, 1.165) is 28.0 Å². The highest BCUT2D eigenvalue weighted by Crippen LogP contribution is 2.52. The van der Waals surface area contributed by atoms with Crippen LogP contribution in [0.15, 0.2) is 17.3 Å². The van der Waals surface area contributed by atoms with Crippen LogP contribution in [-0.4, -0.2) is 49.5 Å². The number of amides is 1. The summed E-state index contributed by atoms with van der Waals surface area (Å²) in [6.07, 6.45) is 3.45. The summed E-state index contributed by atoms with van der Waals surface area (Å²) in [5.74, 6) is -0.355. The number of rotatable bonds is 2. The molecule has 27 heavy (non-hydrogen) atoms. The van der Waals surface area contributed by atoms with Gasteiger partial charge in [0, 0.05) is 35.1 Å². The number of carbonyl (C=O) groups is 1. The van der Waals surface area contributed by atoms with Crippen molar-refractivity contribution in [3.05, 3.63) is 28.9 Å². The first-order valence-electron chi connectivity index (χ1n) is 8.61. The minimum atomic E-state index is -0.880. The van der Waals surface area contributed by atoms with Gasteiger partial charge in [-0.15, -0.1) is 11.8 Å². The SMILES string of the molecule is CSc1nc2c(F)c(Cl)ncc2c2c1cc(C)n2[C@H]1[C@@H]2C[C@H]1N(C(=O)O)C2. The van der Waals surface area contributed by atoms with Crippen molar-refractivity contribution in [1.82, 2.24) is 19.4 Å². The van der Waals surface area contributed by atoms with E-state index in [1.807, 2.05) is 19.2 Å². The lowest BCUT2D eigenvalue weighted by atomic mass is 9.79. The third kappa shape index (κ3) is 2.17. The number of carboxylic acid groups (broad SMARTS) is 1. The Morgan fingerprint density at radius 1 is 1.44 bits per heavy atom. The third-order valence-electron chi connectivity index (χ3n) is 5.87. The normalized spacial score (nSPS) is 24.0. The summed E-state index contributed by atoms with van der Waals surface area (Å²) in [5, 5.41) is 11.5. The highest BCUT2D eigenvalue weighted by Gasteiger charge is 2.55. The molecule has 2 bridgehead atoms. The summed E-state index contributed by atoms with van der Waals surface area (Å²) < 4.78 is 16.8. The fourth-order valence-electron chi connectivity index (χ4n) is 4.72. The van der Waals surface area contributed by atoms with Crippen molar-refractivity contribution in [2.45, 2.75) is 30.5 Å². The molecule has 3 fully saturated rings. The molecular formula is C18H16ClFN4O2S. The molecule has 6 nitrogen and oxygen atoms in total. The largest absolute Gasteiger partial charge is 0.465 e. The van der Waals surface area contributed by atoms with Crippen molar-refractivity contribution in [2.75, 3.05) is 12.8 Å². The van der Waals surface area contributed by atoms with Gasteiger partial charge in [0.05, 0.1) is 17.6 Å². The zero-order chi connectivity index (χ0) is 19.0. The van der Waals surface area contributed by atoms with Crippen LogP contribution in [0, 0.1) is 18.7 Å². The molecular weight excluding hydrogens is 391 g/mol. The molecule has 6 rings (SSSR count). The van der Waals surface area contributed by atoms with Gasteiger partial charge >= 0.3 is 6.09 Å². The van der Waals surface area contributed by atoms with Crippen molar-refractivity contribution in [3.63, 3.8) is 0 Å². The average Bonchev–Trinajstić information content (AvgIpc) is 3.30. The van der Waals surface area contributed by atoms with Crippen LogP contribution >= 0.6 is 23.4 Å². The first kappa shape index (κ1) is 17.1. The van der Waals surface area contributed by atoms with E-state index in [4.69, 9.17) is 11.6 Å². The number of aromatic nitrogens is 3. The van der Waals surface area contributed by atoms with Gasteiger partial charge in [-0.1, -0.05) is 11.6 Å². The molecule has 0 unspecified atom stereocenters. The van der Waals surface area contributed by atoms with E-state index in [-0.39, 0.29) is 28.7 Å². The standard InChI is InChI=1S/C18H16ClFN4O2S/c1-7-3-9-15(24(7)14-8-4-11(14)23(6-8)18(25)26)10-5-21-16(19)12(20)13(10)22-17(9)27-2/h3,5,8,11,14H,4,6H2,1-2H3,(H,25,26)/t8-,11-,14+/m1/s1. The Morgan fingerprint density at radius 3 is 2.89 bits per heavy atom. The lowest BCUT2D eigenvalue weighted by Gasteiger charge is -2.38. The smallest absolute Gasteiger partial charge is 0.407 e. The Morgan fingerprint density at radius 2 is 2.22 bits per heavy atom. The van der Waals surface area contributed by atoms with Crippen LogP contribution in [0.3, 0.4) is 0 Å². The van der Waals surface area contributed by atoms with E-state index >= 15 is 0 Å². The van der Waals surface area contributed by atoms with Crippen LogP contribution in [0.4, 0.5) is 9.18 Å². The monoisotopic (exact) mass is 406 g/mol. The molecule has 5 heterocycles. The van der Waals surface area contributed by atoms with Crippen LogP contribution in [0.2, 0.25) is 5.15 Å². The number of aryl methyl sites for hydroxylation is 1. The number of pyridine rings is 2. The summed E-state index contributed by atoms with van der Waals surface area (Å²) in [6.45, 7) is 2.54. The first-order valence-corrected chi connectivity index (χ1v) is 10.2. The minimum Gasteiger partial charge on any atom is -0.465 e. The zero-order valence-electron chi connectivity index (χ0n) is 14.6. The van der Waals surface area contributed by atoms with Crippen LogP contribution < -0.4 is 0 Å². The van der Waals surface area contributed by atoms with Gasteiger partial charge in [0.2, 0.25) is 0 Å². The van der Waals surface area contributed by atoms with Crippen molar-refractivity contribution < 1.29 is 14.3 Å². The molecule has 0 radical (unpaired) electrons. The Hall–Kier alpha value is -2.06. The van der Waals surface area contributed by atoms with Crippen molar-refractivity contribution in [1.29, 1.82) is 0 Å². The zero-order valence-corrected chi connectivity index (χ0v) is 16.2. The number of halogens is 2. The van der Waals surface area contributed by atoms with Gasteiger partial charge in [0.15, 0.2) is 11.0 Å². The highest BCUT2D eigenvalue weighted by molar-refractivity contribution is 7.98. The quantitative estimate of drug-likeness (QED) is 0.506. The van der Waals surface area contributed by atoms with E-state index in [9.17, 15) is 14.3 Å². The lowest BCUT2D eigenvalue weighted by molar-refractivity contribution is 0.124. The molecule has 0 aromatic carbocycles. The fraction of sp³-hybridized carbons (Fsp3) is 0.389. The van der Waals surface area contributed by atoms with E-state index in [2.05, 4.69) is 14.5 Å². The van der Waals surface area contributed by atoms with E-state index < -0.39 is 11.9 Å². The van der Waals surface area contributed by atoms with Gasteiger partial charge in [0.25, 0.3) is 0 Å². The number of hydrogen-bond donors (Lipinski definition) is 1. The Balaban J connectivity index is 1.82. The van der Waals surface area contributed by atoms with E-state index in [0.29, 0.717) is 11.9 Å². The maximum absolute atomic E-state index is 14.7. The van der Waals surface area contributed by atoms with Crippen molar-refractivity contribution >= 4 is 51.3 Å². The second kappa shape index (κ2) is 5.72. The fourth-order valence-corrected chi connectivity index (χ4v) is 5.42. The highest BCUT2D eigenvalue weighted by atomic mass is 35.5. The summed E-state index contributed by atoms with van der Waals surface area (Å²) in [4.78, 5) is 21.5. The maximum atomic E-state index is 14.7. The van der Waals surface area contributed by atoms with Crippen LogP contribution in [0.25, 0.3) is 21.8 Å². The molecule has 1 amide bonds. The molecule has 1 N–H and O–H groups in total. The summed E-state index contributed by atoms with van der Waals surface area (Å²) in [5.41, 5.74) is 2.07. The molecule has 0 spiro atoms. The Bertz CT molecular complexity index is 1130. The minimum absolute atomic E-state index is 0.0483. The molecule has 2 saturated heterocycles. The van der Waals surface area contributed by atoms with Crippen molar-refractivity contribution in [3.8, 4) is 0 Å². The van der Waals surface area contributed by atoms with E-state index in [1.54, 1.807) is 6.20 Å².